The largest absolute Gasteiger partial charge is 0.507 e. The summed E-state index contributed by atoms with van der Waals surface area (Å²) in [5.74, 6) is -3.06. The summed E-state index contributed by atoms with van der Waals surface area (Å²) >= 11 is 0. The molecule has 2 rings (SSSR count). The van der Waals surface area contributed by atoms with Crippen molar-refractivity contribution in [1.29, 1.82) is 0 Å². The minimum absolute atomic E-state index is 0.137. The van der Waals surface area contributed by atoms with Crippen molar-refractivity contribution in [3.8, 4) is 11.5 Å². The molecule has 2 aromatic rings. The Morgan fingerprint density at radius 3 is 1.28 bits per heavy atom. The molecule has 0 heterocycles. The van der Waals surface area contributed by atoms with Gasteiger partial charge in [-0.25, -0.2) is 0 Å². The number of nitrogens with one attached hydrogen (secondary N) is 4. The quantitative estimate of drug-likeness (QED) is 0.0773. The monoisotopic (exact) mass is 638 g/mol. The Labute approximate surface area is 274 Å². The molecule has 0 aliphatic rings. The van der Waals surface area contributed by atoms with Crippen molar-refractivity contribution >= 4 is 23.6 Å². The van der Waals surface area contributed by atoms with Crippen LogP contribution in [0, 0.1) is 11.8 Å². The Balaban J connectivity index is 2.00. The van der Waals surface area contributed by atoms with Crippen molar-refractivity contribution in [2.24, 2.45) is 11.8 Å². The van der Waals surface area contributed by atoms with Crippen LogP contribution in [0.5, 0.6) is 11.5 Å². The maximum absolute atomic E-state index is 13.2. The summed E-state index contributed by atoms with van der Waals surface area (Å²) in [6, 6.07) is 9.93. The predicted octanol–water partition coefficient (Wildman–Crippen LogP) is 6.40. The lowest BCUT2D eigenvalue weighted by molar-refractivity contribution is -0.128. The van der Waals surface area contributed by atoms with Gasteiger partial charge in [-0.1, -0.05) is 90.5 Å². The maximum Gasteiger partial charge on any atom is 0.273 e. The van der Waals surface area contributed by atoms with E-state index in [1.165, 1.54) is 12.1 Å². The number of aromatic hydroxyl groups is 2. The molecule has 2 unspecified atom stereocenters. The Morgan fingerprint density at radius 2 is 0.935 bits per heavy atom. The van der Waals surface area contributed by atoms with Gasteiger partial charge in [0.1, 0.15) is 11.5 Å². The van der Waals surface area contributed by atoms with Crippen LogP contribution in [0.15, 0.2) is 36.4 Å². The third kappa shape index (κ3) is 12.0. The van der Waals surface area contributed by atoms with Crippen LogP contribution in [-0.4, -0.2) is 33.8 Å². The van der Waals surface area contributed by atoms with Crippen LogP contribution >= 0.6 is 0 Å². The van der Waals surface area contributed by atoms with Crippen LogP contribution in [-0.2, 0) is 22.4 Å². The standard InChI is InChI=1S/C36H54N4O6/c1-5-9-11-17-25-19-13-21-29(41)31(25)35(45)39-37-33(43)27(15-7-3)23-24-28(16-8-4)34(44)38-40-36(46)32-26(18-12-10-6-2)20-14-22-30(32)42/h13-14,19-22,27-28,41-42H,5-12,15-18,23-24H2,1-4H3,(H,37,43)(H,38,44)(H,39,45)(H,40,46). The highest BCUT2D eigenvalue weighted by Gasteiger charge is 2.25. The summed E-state index contributed by atoms with van der Waals surface area (Å²) in [5, 5.41) is 20.8. The zero-order valence-corrected chi connectivity index (χ0v) is 28.0. The van der Waals surface area contributed by atoms with Gasteiger partial charge in [0.05, 0.1) is 11.1 Å². The van der Waals surface area contributed by atoms with E-state index in [1.807, 2.05) is 26.0 Å². The van der Waals surface area contributed by atoms with Crippen LogP contribution in [0.3, 0.4) is 0 Å². The number of hydrazine groups is 2. The second kappa shape index (κ2) is 20.9. The Bertz CT molecular complexity index is 1180. The Hall–Kier alpha value is -4.08. The van der Waals surface area contributed by atoms with Crippen molar-refractivity contribution in [2.45, 2.75) is 118 Å². The number of amides is 4. The highest BCUT2D eigenvalue weighted by atomic mass is 16.3. The zero-order chi connectivity index (χ0) is 33.9. The van der Waals surface area contributed by atoms with E-state index in [-0.39, 0.29) is 34.4 Å². The number of phenols is 2. The molecule has 0 aromatic heterocycles. The van der Waals surface area contributed by atoms with Gasteiger partial charge in [-0.15, -0.1) is 0 Å². The number of hydrogen-bond donors (Lipinski definition) is 6. The third-order valence-corrected chi connectivity index (χ3v) is 8.29. The van der Waals surface area contributed by atoms with Gasteiger partial charge in [0.2, 0.25) is 11.8 Å². The number of rotatable bonds is 19. The molecule has 0 aliphatic heterocycles. The number of hydrogen-bond acceptors (Lipinski definition) is 6. The number of unbranched alkanes of at least 4 members (excludes halogenated alkanes) is 4. The van der Waals surface area contributed by atoms with Crippen molar-refractivity contribution < 1.29 is 29.4 Å². The summed E-state index contributed by atoms with van der Waals surface area (Å²) in [6.45, 7) is 8.11. The van der Waals surface area contributed by atoms with Gasteiger partial charge in [0.15, 0.2) is 0 Å². The normalized spacial score (nSPS) is 12.2. The molecule has 2 atom stereocenters. The van der Waals surface area contributed by atoms with E-state index in [0.29, 0.717) is 38.5 Å². The molecular weight excluding hydrogens is 584 g/mol. The predicted molar refractivity (Wildman–Crippen MR) is 180 cm³/mol. The molecule has 254 valence electrons. The van der Waals surface area contributed by atoms with Gasteiger partial charge in [0.25, 0.3) is 11.8 Å². The number of carbonyl (C=O) groups is 4. The van der Waals surface area contributed by atoms with Crippen LogP contribution in [0.2, 0.25) is 0 Å². The van der Waals surface area contributed by atoms with Crippen LogP contribution in [0.1, 0.15) is 137 Å². The first-order valence-corrected chi connectivity index (χ1v) is 17.0. The van der Waals surface area contributed by atoms with E-state index in [2.05, 4.69) is 35.6 Å². The lowest BCUT2D eigenvalue weighted by Crippen LogP contribution is -2.46. The minimum Gasteiger partial charge on any atom is -0.507 e. The molecule has 0 saturated heterocycles. The van der Waals surface area contributed by atoms with E-state index in [1.54, 1.807) is 12.1 Å². The van der Waals surface area contributed by atoms with E-state index >= 15 is 0 Å². The zero-order valence-electron chi connectivity index (χ0n) is 28.0. The molecule has 10 nitrogen and oxygen atoms in total. The summed E-state index contributed by atoms with van der Waals surface area (Å²) < 4.78 is 0. The van der Waals surface area contributed by atoms with Gasteiger partial charge in [-0.2, -0.15) is 0 Å². The van der Waals surface area contributed by atoms with E-state index in [4.69, 9.17) is 0 Å². The summed E-state index contributed by atoms with van der Waals surface area (Å²) in [5.41, 5.74) is 11.8. The lowest BCUT2D eigenvalue weighted by atomic mass is 9.89. The highest BCUT2D eigenvalue weighted by molar-refractivity contribution is 6.00. The van der Waals surface area contributed by atoms with Crippen molar-refractivity contribution in [3.63, 3.8) is 0 Å². The first-order valence-electron chi connectivity index (χ1n) is 17.0. The minimum atomic E-state index is -0.579. The lowest BCUT2D eigenvalue weighted by Gasteiger charge is -2.21. The molecule has 2 aromatic carbocycles. The molecule has 0 bridgehead atoms. The first-order chi connectivity index (χ1) is 22.2. The number of phenolic OH excluding ortho intramolecular Hbond substituents is 2. The summed E-state index contributed by atoms with van der Waals surface area (Å²) in [4.78, 5) is 52.3. The molecule has 0 aliphatic carbocycles. The van der Waals surface area contributed by atoms with Crippen molar-refractivity contribution in [1.82, 2.24) is 21.7 Å². The molecule has 0 radical (unpaired) electrons. The van der Waals surface area contributed by atoms with Crippen LogP contribution in [0.4, 0.5) is 0 Å². The van der Waals surface area contributed by atoms with E-state index in [0.717, 1.165) is 62.5 Å². The van der Waals surface area contributed by atoms with Crippen LogP contribution in [0.25, 0.3) is 0 Å². The topological polar surface area (TPSA) is 157 Å². The first kappa shape index (κ1) is 38.1. The van der Waals surface area contributed by atoms with Gasteiger partial charge < -0.3 is 10.2 Å². The third-order valence-electron chi connectivity index (χ3n) is 8.29. The Kier molecular flexibility index (Phi) is 17.3. The van der Waals surface area contributed by atoms with Crippen molar-refractivity contribution in [3.05, 3.63) is 58.7 Å². The van der Waals surface area contributed by atoms with E-state index in [9.17, 15) is 29.4 Å². The number of aryl methyl sites for hydroxylation is 2. The molecule has 10 heteroatoms. The summed E-state index contributed by atoms with van der Waals surface area (Å²) in [7, 11) is 0. The second-order valence-corrected chi connectivity index (χ2v) is 12.0. The molecular formula is C36H54N4O6. The van der Waals surface area contributed by atoms with Gasteiger partial charge in [-0.3, -0.25) is 40.9 Å². The molecule has 46 heavy (non-hydrogen) atoms. The smallest absolute Gasteiger partial charge is 0.273 e. The van der Waals surface area contributed by atoms with Gasteiger partial charge >= 0.3 is 0 Å². The second-order valence-electron chi connectivity index (χ2n) is 12.0. The Morgan fingerprint density at radius 1 is 0.543 bits per heavy atom. The number of benzene rings is 2. The fraction of sp³-hybridized carbons (Fsp3) is 0.556. The van der Waals surface area contributed by atoms with Crippen LogP contribution < -0.4 is 21.7 Å². The fourth-order valence-corrected chi connectivity index (χ4v) is 5.72. The molecule has 0 fully saturated rings. The number of carbonyl (C=O) groups excluding carboxylic acids is 4. The molecule has 0 saturated carbocycles. The average molecular weight is 639 g/mol. The fourth-order valence-electron chi connectivity index (χ4n) is 5.72. The van der Waals surface area contributed by atoms with E-state index < -0.39 is 23.7 Å². The van der Waals surface area contributed by atoms with Gasteiger partial charge in [0, 0.05) is 11.8 Å². The highest BCUT2D eigenvalue weighted by Crippen LogP contribution is 2.25. The SMILES string of the molecule is CCCCCc1cccc(O)c1C(=O)NNC(=O)C(CCC)CCC(CCC)C(=O)NNC(=O)c1c(O)cccc1CCCCC. The maximum atomic E-state index is 13.2. The average Bonchev–Trinajstić information content (AvgIpc) is 3.03. The summed E-state index contributed by atoms with van der Waals surface area (Å²) in [6.07, 6.45) is 10.5. The van der Waals surface area contributed by atoms with Gasteiger partial charge in [-0.05, 0) is 74.6 Å². The molecule has 0 spiro atoms. The van der Waals surface area contributed by atoms with Crippen molar-refractivity contribution in [2.75, 3.05) is 0 Å². The molecule has 4 amide bonds. The molecule has 6 N–H and O–H groups in total.